The lowest BCUT2D eigenvalue weighted by Gasteiger charge is -2.19. The van der Waals surface area contributed by atoms with Crippen LogP contribution in [0, 0.1) is 5.82 Å². The van der Waals surface area contributed by atoms with Gasteiger partial charge in [-0.2, -0.15) is 18.2 Å². The predicted octanol–water partition coefficient (Wildman–Crippen LogP) is 3.14. The summed E-state index contributed by atoms with van der Waals surface area (Å²) in [7, 11) is 0. The molecule has 26 heavy (non-hydrogen) atoms. The van der Waals surface area contributed by atoms with E-state index in [1.165, 1.54) is 17.0 Å². The van der Waals surface area contributed by atoms with E-state index in [9.17, 15) is 22.4 Å². The van der Waals surface area contributed by atoms with Crippen LogP contribution >= 0.6 is 0 Å². The number of carbonyl (C=O) groups is 1. The van der Waals surface area contributed by atoms with Crippen LogP contribution in [0.3, 0.4) is 0 Å². The lowest BCUT2D eigenvalue weighted by molar-refractivity contribution is -0.141. The molecule has 1 aliphatic heterocycles. The monoisotopic (exact) mass is 371 g/mol. The van der Waals surface area contributed by atoms with Crippen molar-refractivity contribution < 1.29 is 27.5 Å². The molecular weight excluding hydrogens is 358 g/mol. The van der Waals surface area contributed by atoms with Gasteiger partial charge in [-0.1, -0.05) is 0 Å². The Labute approximate surface area is 144 Å². The summed E-state index contributed by atoms with van der Waals surface area (Å²) in [4.78, 5) is 20.9. The number of anilines is 3. The first-order valence-electron chi connectivity index (χ1n) is 7.44. The molecular formula is C15H13F4N5O2. The van der Waals surface area contributed by atoms with Crippen molar-refractivity contribution in [1.29, 1.82) is 0 Å². The molecule has 0 bridgehead atoms. The first-order valence-corrected chi connectivity index (χ1v) is 7.44. The average molecular weight is 371 g/mol. The van der Waals surface area contributed by atoms with Crippen LogP contribution in [-0.2, 0) is 6.18 Å². The summed E-state index contributed by atoms with van der Waals surface area (Å²) in [6, 6.07) is 5.75. The molecule has 0 unspecified atom stereocenters. The van der Waals surface area contributed by atoms with Gasteiger partial charge >= 0.3 is 12.3 Å². The van der Waals surface area contributed by atoms with E-state index < -0.39 is 23.8 Å². The molecule has 1 amide bonds. The van der Waals surface area contributed by atoms with Gasteiger partial charge in [-0.25, -0.2) is 14.2 Å². The van der Waals surface area contributed by atoms with Gasteiger partial charge in [0.15, 0.2) is 5.69 Å². The number of aromatic nitrogens is 2. The van der Waals surface area contributed by atoms with E-state index in [0.29, 0.717) is 5.69 Å². The number of rotatable bonds is 3. The van der Waals surface area contributed by atoms with Crippen LogP contribution in [0.1, 0.15) is 5.69 Å². The van der Waals surface area contributed by atoms with E-state index in [4.69, 9.17) is 5.11 Å². The topological polar surface area (TPSA) is 81.6 Å². The Balaban J connectivity index is 1.92. The lowest BCUT2D eigenvalue weighted by atomic mass is 10.3. The molecule has 1 aromatic carbocycles. The van der Waals surface area contributed by atoms with Crippen LogP contribution in [0.2, 0.25) is 0 Å². The van der Waals surface area contributed by atoms with Gasteiger partial charge in [0, 0.05) is 24.8 Å². The Kier molecular flexibility index (Phi) is 4.53. The van der Waals surface area contributed by atoms with Crippen LogP contribution in [0.15, 0.2) is 30.3 Å². The fourth-order valence-corrected chi connectivity index (χ4v) is 2.37. The molecule has 0 aliphatic carbocycles. The van der Waals surface area contributed by atoms with Gasteiger partial charge in [-0.3, -0.25) is 4.90 Å². The second-order valence-corrected chi connectivity index (χ2v) is 5.52. The normalized spacial score (nSPS) is 14.6. The maximum atomic E-state index is 13.1. The molecule has 1 saturated heterocycles. The third-order valence-electron chi connectivity index (χ3n) is 3.66. The number of benzene rings is 1. The second kappa shape index (κ2) is 6.65. The smallest absolute Gasteiger partial charge is 0.433 e. The predicted molar refractivity (Wildman–Crippen MR) is 83.7 cm³/mol. The van der Waals surface area contributed by atoms with E-state index in [-0.39, 0.29) is 31.5 Å². The molecule has 7 nitrogen and oxygen atoms in total. The standard InChI is InChI=1S/C15H13F4N5O2/c16-9-1-3-10(4-2-9)20-12-7-11(15(17,18)19)21-13(22-12)23-5-6-24(8-23)14(25)26/h1-4,7H,5-6,8H2,(H,25,26)(H,20,21,22). The first-order chi connectivity index (χ1) is 12.2. The summed E-state index contributed by atoms with van der Waals surface area (Å²) in [6.45, 7) is 0.173. The number of nitrogens with zero attached hydrogens (tertiary/aromatic N) is 4. The Morgan fingerprint density at radius 2 is 1.85 bits per heavy atom. The number of hydrogen-bond acceptors (Lipinski definition) is 5. The van der Waals surface area contributed by atoms with E-state index in [0.717, 1.165) is 23.1 Å². The Hall–Kier alpha value is -3.11. The highest BCUT2D eigenvalue weighted by Gasteiger charge is 2.35. The molecule has 0 spiro atoms. The minimum Gasteiger partial charge on any atom is -0.465 e. The van der Waals surface area contributed by atoms with Crippen molar-refractivity contribution in [2.75, 3.05) is 30.0 Å². The van der Waals surface area contributed by atoms with Crippen molar-refractivity contribution in [2.24, 2.45) is 0 Å². The molecule has 1 fully saturated rings. The van der Waals surface area contributed by atoms with Crippen molar-refractivity contribution in [2.45, 2.75) is 6.18 Å². The molecule has 0 atom stereocenters. The zero-order chi connectivity index (χ0) is 18.9. The minimum absolute atomic E-state index is 0.132. The zero-order valence-electron chi connectivity index (χ0n) is 13.2. The third-order valence-corrected chi connectivity index (χ3v) is 3.66. The summed E-state index contributed by atoms with van der Waals surface area (Å²) >= 11 is 0. The first kappa shape index (κ1) is 17.7. The highest BCUT2D eigenvalue weighted by Crippen LogP contribution is 2.31. The van der Waals surface area contributed by atoms with Crippen molar-refractivity contribution in [3.63, 3.8) is 0 Å². The highest BCUT2D eigenvalue weighted by atomic mass is 19.4. The van der Waals surface area contributed by atoms with Gasteiger partial charge in [-0.05, 0) is 24.3 Å². The largest absolute Gasteiger partial charge is 0.465 e. The fourth-order valence-electron chi connectivity index (χ4n) is 2.37. The summed E-state index contributed by atoms with van der Waals surface area (Å²) in [5.41, 5.74) is -0.821. The number of alkyl halides is 3. The number of halogens is 4. The molecule has 1 aliphatic rings. The summed E-state index contributed by atoms with van der Waals surface area (Å²) < 4.78 is 52.4. The fraction of sp³-hybridized carbons (Fsp3) is 0.267. The van der Waals surface area contributed by atoms with Gasteiger partial charge in [0.1, 0.15) is 11.6 Å². The van der Waals surface area contributed by atoms with Crippen molar-refractivity contribution in [3.8, 4) is 0 Å². The summed E-state index contributed by atoms with van der Waals surface area (Å²) in [6.07, 6.45) is -5.88. The third kappa shape index (κ3) is 3.92. The molecule has 2 heterocycles. The average Bonchev–Trinajstić information content (AvgIpc) is 3.06. The summed E-state index contributed by atoms with van der Waals surface area (Å²) in [5, 5.41) is 11.6. The highest BCUT2D eigenvalue weighted by molar-refractivity contribution is 5.66. The van der Waals surface area contributed by atoms with Crippen molar-refractivity contribution in [1.82, 2.24) is 14.9 Å². The van der Waals surface area contributed by atoms with Gasteiger partial charge < -0.3 is 15.3 Å². The number of hydrogen-bond donors (Lipinski definition) is 2. The molecule has 1 aromatic heterocycles. The van der Waals surface area contributed by atoms with E-state index in [2.05, 4.69) is 15.3 Å². The van der Waals surface area contributed by atoms with Crippen molar-refractivity contribution >= 4 is 23.5 Å². The molecule has 3 rings (SSSR count). The van der Waals surface area contributed by atoms with Crippen LogP contribution in [-0.4, -0.2) is 45.8 Å². The number of amides is 1. The van der Waals surface area contributed by atoms with Crippen LogP contribution in [0.5, 0.6) is 0 Å². The number of carboxylic acid groups (broad SMARTS) is 1. The lowest BCUT2D eigenvalue weighted by Crippen LogP contribution is -2.30. The molecule has 0 saturated carbocycles. The zero-order valence-corrected chi connectivity index (χ0v) is 13.2. The van der Waals surface area contributed by atoms with Crippen molar-refractivity contribution in [3.05, 3.63) is 41.8 Å². The maximum absolute atomic E-state index is 13.1. The summed E-state index contributed by atoms with van der Waals surface area (Å²) in [5.74, 6) is -0.864. The van der Waals surface area contributed by atoms with E-state index in [1.807, 2.05) is 0 Å². The van der Waals surface area contributed by atoms with Crippen LogP contribution in [0.25, 0.3) is 0 Å². The maximum Gasteiger partial charge on any atom is 0.433 e. The van der Waals surface area contributed by atoms with E-state index in [1.54, 1.807) is 0 Å². The molecule has 2 aromatic rings. The van der Waals surface area contributed by atoms with Gasteiger partial charge in [0.05, 0.1) is 6.67 Å². The molecule has 0 radical (unpaired) electrons. The van der Waals surface area contributed by atoms with Crippen LogP contribution in [0.4, 0.5) is 39.8 Å². The Morgan fingerprint density at radius 1 is 1.15 bits per heavy atom. The van der Waals surface area contributed by atoms with Crippen LogP contribution < -0.4 is 10.2 Å². The van der Waals surface area contributed by atoms with E-state index >= 15 is 0 Å². The van der Waals surface area contributed by atoms with Gasteiger partial charge in [0.2, 0.25) is 5.95 Å². The Morgan fingerprint density at radius 3 is 2.42 bits per heavy atom. The van der Waals surface area contributed by atoms with Gasteiger partial charge in [0.25, 0.3) is 0 Å². The quantitative estimate of drug-likeness (QED) is 0.807. The number of nitrogens with one attached hydrogen (secondary N) is 1. The molecule has 2 N–H and O–H groups in total. The SMILES string of the molecule is O=C(O)N1CCN(c2nc(Nc3ccc(F)cc3)cc(C(F)(F)F)n2)C1. The van der Waals surface area contributed by atoms with Gasteiger partial charge in [-0.15, -0.1) is 0 Å². The molecule has 11 heteroatoms. The second-order valence-electron chi connectivity index (χ2n) is 5.52. The minimum atomic E-state index is -4.71. The molecule has 138 valence electrons. The Bertz CT molecular complexity index is 813.